The lowest BCUT2D eigenvalue weighted by Gasteiger charge is -2.12. The van der Waals surface area contributed by atoms with Gasteiger partial charge in [-0.05, 0) is 61.9 Å². The number of carbonyl (C=O) groups excluding carboxylic acids is 3. The summed E-state index contributed by atoms with van der Waals surface area (Å²) in [6, 6.07) is 19.7. The SMILES string of the molecule is COc1ccc(OC)c(NC(=O)COC(=O)CCCC(=O)Nc2ccc(Oc3ccc(C)cc3)cc2)c1. The van der Waals surface area contributed by atoms with Gasteiger partial charge < -0.3 is 29.6 Å². The Morgan fingerprint density at radius 3 is 2.03 bits per heavy atom. The van der Waals surface area contributed by atoms with E-state index in [1.54, 1.807) is 42.5 Å². The highest BCUT2D eigenvalue weighted by Crippen LogP contribution is 2.29. The molecule has 0 atom stereocenters. The lowest BCUT2D eigenvalue weighted by Crippen LogP contribution is -2.21. The van der Waals surface area contributed by atoms with Crippen LogP contribution in [0.15, 0.2) is 66.7 Å². The standard InChI is InChI=1S/C28H30N2O7/c1-19-7-11-21(12-8-19)37-22-13-9-20(10-14-22)29-26(31)5-4-6-28(33)36-18-27(32)30-24-17-23(34-2)15-16-25(24)35-3/h7-17H,4-6,18H2,1-3H3,(H,29,31)(H,30,32). The molecule has 37 heavy (non-hydrogen) atoms. The van der Waals surface area contributed by atoms with Crippen molar-refractivity contribution in [2.75, 3.05) is 31.5 Å². The van der Waals surface area contributed by atoms with Gasteiger partial charge in [-0.15, -0.1) is 0 Å². The van der Waals surface area contributed by atoms with Crippen LogP contribution < -0.4 is 24.8 Å². The molecule has 0 saturated carbocycles. The molecule has 0 aliphatic carbocycles. The van der Waals surface area contributed by atoms with Crippen LogP contribution >= 0.6 is 0 Å². The molecular formula is C28H30N2O7. The van der Waals surface area contributed by atoms with Crippen molar-refractivity contribution >= 4 is 29.2 Å². The van der Waals surface area contributed by atoms with E-state index < -0.39 is 18.5 Å². The quantitative estimate of drug-likeness (QED) is 0.329. The maximum atomic E-state index is 12.2. The first-order valence-corrected chi connectivity index (χ1v) is 11.7. The van der Waals surface area contributed by atoms with Gasteiger partial charge in [0.05, 0.1) is 19.9 Å². The third-order valence-corrected chi connectivity index (χ3v) is 5.22. The average Bonchev–Trinajstić information content (AvgIpc) is 2.90. The Bertz CT molecular complexity index is 1210. The van der Waals surface area contributed by atoms with Crippen LogP contribution in [0.25, 0.3) is 0 Å². The van der Waals surface area contributed by atoms with Gasteiger partial charge in [0.25, 0.3) is 5.91 Å². The Balaban J connectivity index is 1.35. The summed E-state index contributed by atoms with van der Waals surface area (Å²) in [4.78, 5) is 36.3. The van der Waals surface area contributed by atoms with Crippen LogP contribution in [-0.2, 0) is 19.1 Å². The fraction of sp³-hybridized carbons (Fsp3) is 0.250. The number of rotatable bonds is 12. The second-order valence-corrected chi connectivity index (χ2v) is 8.12. The molecule has 3 aromatic rings. The van der Waals surface area contributed by atoms with Crippen LogP contribution in [0.2, 0.25) is 0 Å². The number of hydrogen-bond acceptors (Lipinski definition) is 7. The predicted octanol–water partition coefficient (Wildman–Crippen LogP) is 5.10. The second-order valence-electron chi connectivity index (χ2n) is 8.12. The van der Waals surface area contributed by atoms with Gasteiger partial charge in [0.1, 0.15) is 23.0 Å². The summed E-state index contributed by atoms with van der Waals surface area (Å²) in [7, 11) is 2.98. The fourth-order valence-electron chi connectivity index (χ4n) is 3.28. The molecule has 0 aromatic heterocycles. The Morgan fingerprint density at radius 1 is 0.730 bits per heavy atom. The molecule has 0 spiro atoms. The molecule has 2 N–H and O–H groups in total. The maximum Gasteiger partial charge on any atom is 0.306 e. The number of carbonyl (C=O) groups is 3. The molecule has 3 rings (SSSR count). The average molecular weight is 507 g/mol. The molecule has 0 saturated heterocycles. The molecule has 0 bridgehead atoms. The Kier molecular flexibility index (Phi) is 9.90. The van der Waals surface area contributed by atoms with Crippen molar-refractivity contribution in [3.63, 3.8) is 0 Å². The number of nitrogens with one attached hydrogen (secondary N) is 2. The molecule has 3 aromatic carbocycles. The summed E-state index contributed by atoms with van der Waals surface area (Å²) in [6.07, 6.45) is 0.418. The minimum absolute atomic E-state index is 0.00646. The van der Waals surface area contributed by atoms with Gasteiger partial charge >= 0.3 is 5.97 Å². The molecule has 9 nitrogen and oxygen atoms in total. The summed E-state index contributed by atoms with van der Waals surface area (Å²) in [5, 5.41) is 5.40. The number of aryl methyl sites for hydroxylation is 1. The highest BCUT2D eigenvalue weighted by atomic mass is 16.5. The topological polar surface area (TPSA) is 112 Å². The lowest BCUT2D eigenvalue weighted by atomic mass is 10.2. The van der Waals surface area contributed by atoms with Gasteiger partial charge in [-0.1, -0.05) is 17.7 Å². The molecule has 0 heterocycles. The number of esters is 1. The monoisotopic (exact) mass is 506 g/mol. The molecule has 0 radical (unpaired) electrons. The molecule has 0 unspecified atom stereocenters. The Hall–Kier alpha value is -4.53. The minimum atomic E-state index is -0.571. The van der Waals surface area contributed by atoms with E-state index in [2.05, 4.69) is 10.6 Å². The van der Waals surface area contributed by atoms with Crippen molar-refractivity contribution in [2.45, 2.75) is 26.2 Å². The highest BCUT2D eigenvalue weighted by Gasteiger charge is 2.12. The largest absolute Gasteiger partial charge is 0.497 e. The van der Waals surface area contributed by atoms with E-state index in [0.29, 0.717) is 28.6 Å². The van der Waals surface area contributed by atoms with Crippen molar-refractivity contribution in [1.29, 1.82) is 0 Å². The number of anilines is 2. The first kappa shape index (κ1) is 27.1. The minimum Gasteiger partial charge on any atom is -0.497 e. The number of benzene rings is 3. The number of hydrogen-bond donors (Lipinski definition) is 2. The van der Waals surface area contributed by atoms with Gasteiger partial charge in [0, 0.05) is 24.6 Å². The second kappa shape index (κ2) is 13.5. The molecule has 2 amide bonds. The van der Waals surface area contributed by atoms with Crippen LogP contribution in [0, 0.1) is 6.92 Å². The van der Waals surface area contributed by atoms with Crippen molar-refractivity contribution in [2.24, 2.45) is 0 Å². The van der Waals surface area contributed by atoms with Crippen LogP contribution in [0.3, 0.4) is 0 Å². The Morgan fingerprint density at radius 2 is 1.38 bits per heavy atom. The van der Waals surface area contributed by atoms with E-state index in [0.717, 1.165) is 11.3 Å². The van der Waals surface area contributed by atoms with Crippen LogP contribution in [0.1, 0.15) is 24.8 Å². The lowest BCUT2D eigenvalue weighted by molar-refractivity contribution is -0.147. The first-order chi connectivity index (χ1) is 17.9. The number of ether oxygens (including phenoxy) is 4. The van der Waals surface area contributed by atoms with Crippen LogP contribution in [0.4, 0.5) is 11.4 Å². The van der Waals surface area contributed by atoms with Gasteiger partial charge in [-0.3, -0.25) is 14.4 Å². The molecule has 0 aliphatic rings. The maximum absolute atomic E-state index is 12.2. The normalized spacial score (nSPS) is 10.2. The summed E-state index contributed by atoms with van der Waals surface area (Å²) in [6.45, 7) is 1.55. The Labute approximate surface area is 215 Å². The first-order valence-electron chi connectivity index (χ1n) is 11.7. The summed E-state index contributed by atoms with van der Waals surface area (Å²) >= 11 is 0. The summed E-state index contributed by atoms with van der Waals surface area (Å²) in [5.41, 5.74) is 2.16. The van der Waals surface area contributed by atoms with E-state index >= 15 is 0 Å². The van der Waals surface area contributed by atoms with Crippen molar-refractivity contribution in [3.8, 4) is 23.0 Å². The van der Waals surface area contributed by atoms with E-state index in [1.165, 1.54) is 14.2 Å². The summed E-state index contributed by atoms with van der Waals surface area (Å²) < 4.78 is 21.1. The van der Waals surface area contributed by atoms with E-state index in [-0.39, 0.29) is 25.2 Å². The molecule has 0 aliphatic heterocycles. The zero-order valence-electron chi connectivity index (χ0n) is 21.0. The zero-order chi connectivity index (χ0) is 26.6. The molecular weight excluding hydrogens is 476 g/mol. The fourth-order valence-corrected chi connectivity index (χ4v) is 3.28. The third-order valence-electron chi connectivity index (χ3n) is 5.22. The third kappa shape index (κ3) is 8.88. The van der Waals surface area contributed by atoms with Gasteiger partial charge in [0.15, 0.2) is 6.61 Å². The number of amides is 2. The van der Waals surface area contributed by atoms with E-state index in [1.807, 2.05) is 31.2 Å². The van der Waals surface area contributed by atoms with Gasteiger partial charge in [0.2, 0.25) is 5.91 Å². The van der Waals surface area contributed by atoms with Crippen molar-refractivity contribution in [3.05, 3.63) is 72.3 Å². The van der Waals surface area contributed by atoms with Crippen LogP contribution in [0.5, 0.6) is 23.0 Å². The number of methoxy groups -OCH3 is 2. The van der Waals surface area contributed by atoms with E-state index in [9.17, 15) is 14.4 Å². The van der Waals surface area contributed by atoms with Crippen LogP contribution in [-0.4, -0.2) is 38.6 Å². The predicted molar refractivity (Wildman–Crippen MR) is 139 cm³/mol. The smallest absolute Gasteiger partial charge is 0.306 e. The molecule has 9 heteroatoms. The van der Waals surface area contributed by atoms with Crippen molar-refractivity contribution < 1.29 is 33.3 Å². The summed E-state index contributed by atoms with van der Waals surface area (Å²) in [5.74, 6) is 1.04. The molecule has 0 fully saturated rings. The van der Waals surface area contributed by atoms with E-state index in [4.69, 9.17) is 18.9 Å². The van der Waals surface area contributed by atoms with Crippen molar-refractivity contribution in [1.82, 2.24) is 0 Å². The highest BCUT2D eigenvalue weighted by molar-refractivity contribution is 5.94. The molecule has 194 valence electrons. The van der Waals surface area contributed by atoms with Gasteiger partial charge in [-0.25, -0.2) is 0 Å². The van der Waals surface area contributed by atoms with Gasteiger partial charge in [-0.2, -0.15) is 0 Å². The zero-order valence-corrected chi connectivity index (χ0v) is 21.0.